The van der Waals surface area contributed by atoms with Gasteiger partial charge in [0.2, 0.25) is 0 Å². The van der Waals surface area contributed by atoms with E-state index in [9.17, 15) is 27.6 Å². The van der Waals surface area contributed by atoms with Gasteiger partial charge < -0.3 is 4.74 Å². The molecule has 1 aliphatic rings. The number of nitrogens with one attached hydrogen (secondary N) is 1. The van der Waals surface area contributed by atoms with Gasteiger partial charge >= 0.3 is 24.2 Å². The molecule has 4 amide bonds. The summed E-state index contributed by atoms with van der Waals surface area (Å²) < 4.78 is 39.7. The van der Waals surface area contributed by atoms with Gasteiger partial charge in [-0.25, -0.2) is 9.69 Å². The first-order valence-corrected chi connectivity index (χ1v) is 4.83. The number of benzene rings is 1. The Bertz CT molecular complexity index is 570. The Kier molecular flexibility index (Phi) is 2.89. The summed E-state index contributed by atoms with van der Waals surface area (Å²) in [6.45, 7) is 0. The fourth-order valence-electron chi connectivity index (χ4n) is 1.45. The fourth-order valence-corrected chi connectivity index (χ4v) is 1.45. The van der Waals surface area contributed by atoms with Gasteiger partial charge in [-0.05, 0) is 12.1 Å². The molecule has 0 spiro atoms. The molecule has 0 aromatic heterocycles. The van der Waals surface area contributed by atoms with Crippen LogP contribution < -0.4 is 15.0 Å². The first-order valence-electron chi connectivity index (χ1n) is 4.83. The molecule has 1 fully saturated rings. The van der Waals surface area contributed by atoms with Crippen molar-refractivity contribution >= 4 is 23.5 Å². The van der Waals surface area contributed by atoms with E-state index >= 15 is 0 Å². The molecule has 0 atom stereocenters. The average molecular weight is 274 g/mol. The third-order valence-electron chi connectivity index (χ3n) is 2.13. The predicted octanol–water partition coefficient (Wildman–Crippen LogP) is 1.17. The van der Waals surface area contributed by atoms with Gasteiger partial charge in [-0.3, -0.25) is 14.9 Å². The topological polar surface area (TPSA) is 75.7 Å². The Labute approximate surface area is 103 Å². The maximum atomic E-state index is 12.0. The van der Waals surface area contributed by atoms with Crippen LogP contribution in [-0.4, -0.2) is 24.2 Å². The van der Waals surface area contributed by atoms with E-state index in [1.165, 1.54) is 6.07 Å². The highest BCUT2D eigenvalue weighted by atomic mass is 19.4. The number of nitrogens with zero attached hydrogens (tertiary/aromatic N) is 1. The summed E-state index contributed by atoms with van der Waals surface area (Å²) >= 11 is 0. The number of imide groups is 2. The molecule has 6 nitrogen and oxygen atoms in total. The lowest BCUT2D eigenvalue weighted by atomic mass is 10.3. The second-order valence-corrected chi connectivity index (χ2v) is 3.44. The van der Waals surface area contributed by atoms with E-state index in [4.69, 9.17) is 0 Å². The summed E-state index contributed by atoms with van der Waals surface area (Å²) in [6.07, 6.45) is -4.90. The number of amides is 4. The minimum atomic E-state index is -4.90. The minimum absolute atomic E-state index is 0.199. The minimum Gasteiger partial charge on any atom is -0.406 e. The molecule has 0 radical (unpaired) electrons. The van der Waals surface area contributed by atoms with Crippen molar-refractivity contribution in [3.05, 3.63) is 24.3 Å². The van der Waals surface area contributed by atoms with Crippen LogP contribution in [-0.2, 0) is 9.59 Å². The Morgan fingerprint density at radius 2 is 1.84 bits per heavy atom. The molecule has 0 bridgehead atoms. The van der Waals surface area contributed by atoms with Crippen LogP contribution in [0, 0.1) is 0 Å². The van der Waals surface area contributed by atoms with Gasteiger partial charge in [-0.1, -0.05) is 6.07 Å². The van der Waals surface area contributed by atoms with Crippen molar-refractivity contribution in [2.45, 2.75) is 6.36 Å². The van der Waals surface area contributed by atoms with Crippen LogP contribution in [0.4, 0.5) is 23.7 Å². The third-order valence-corrected chi connectivity index (χ3v) is 2.13. The van der Waals surface area contributed by atoms with Crippen LogP contribution in [0.15, 0.2) is 24.3 Å². The Morgan fingerprint density at radius 3 is 2.37 bits per heavy atom. The van der Waals surface area contributed by atoms with E-state index in [1.54, 1.807) is 5.32 Å². The summed E-state index contributed by atoms with van der Waals surface area (Å²) in [5, 5.41) is 1.72. The van der Waals surface area contributed by atoms with Crippen LogP contribution in [0.3, 0.4) is 0 Å². The van der Waals surface area contributed by atoms with E-state index in [0.717, 1.165) is 18.2 Å². The maximum absolute atomic E-state index is 12.0. The third kappa shape index (κ3) is 2.64. The van der Waals surface area contributed by atoms with Crippen LogP contribution in [0.5, 0.6) is 5.75 Å². The van der Waals surface area contributed by atoms with Crippen molar-refractivity contribution in [2.24, 2.45) is 0 Å². The standard InChI is InChI=1S/C10H5F3N2O4/c11-10(12,13)19-6-3-1-2-5(4-6)15-8(17)7(16)14-9(15)18/h1-4H,(H,14,16,18). The van der Waals surface area contributed by atoms with Gasteiger partial charge in [0.05, 0.1) is 5.69 Å². The molecule has 1 aromatic carbocycles. The number of hydrogen-bond donors (Lipinski definition) is 1. The van der Waals surface area contributed by atoms with Crippen LogP contribution >= 0.6 is 0 Å². The number of halogens is 3. The number of anilines is 1. The van der Waals surface area contributed by atoms with Crippen molar-refractivity contribution in [1.29, 1.82) is 0 Å². The van der Waals surface area contributed by atoms with Crippen molar-refractivity contribution in [2.75, 3.05) is 4.90 Å². The van der Waals surface area contributed by atoms with Gasteiger partial charge in [0, 0.05) is 6.07 Å². The monoisotopic (exact) mass is 274 g/mol. The quantitative estimate of drug-likeness (QED) is 0.648. The first kappa shape index (κ1) is 12.9. The maximum Gasteiger partial charge on any atom is 0.573 e. The van der Waals surface area contributed by atoms with Gasteiger partial charge in [0.25, 0.3) is 0 Å². The number of urea groups is 1. The van der Waals surface area contributed by atoms with Crippen molar-refractivity contribution in [3.8, 4) is 5.75 Å². The van der Waals surface area contributed by atoms with Crippen LogP contribution in [0.1, 0.15) is 0 Å². The Hall–Kier alpha value is -2.58. The number of rotatable bonds is 2. The van der Waals surface area contributed by atoms with E-state index in [2.05, 4.69) is 4.74 Å². The predicted molar refractivity (Wildman–Crippen MR) is 54.1 cm³/mol. The van der Waals surface area contributed by atoms with Gasteiger partial charge in [-0.2, -0.15) is 0 Å². The lowest BCUT2D eigenvalue weighted by molar-refractivity contribution is -0.274. The first-order chi connectivity index (χ1) is 8.78. The zero-order valence-corrected chi connectivity index (χ0v) is 9.02. The normalized spacial score (nSPS) is 15.7. The molecule has 1 aromatic rings. The highest BCUT2D eigenvalue weighted by Crippen LogP contribution is 2.27. The Morgan fingerprint density at radius 1 is 1.16 bits per heavy atom. The summed E-state index contributed by atoms with van der Waals surface area (Å²) in [4.78, 5) is 34.0. The van der Waals surface area contributed by atoms with Crippen LogP contribution in [0.25, 0.3) is 0 Å². The van der Waals surface area contributed by atoms with Gasteiger partial charge in [-0.15, -0.1) is 13.2 Å². The number of hydrogen-bond acceptors (Lipinski definition) is 4. The van der Waals surface area contributed by atoms with E-state index in [1.807, 2.05) is 0 Å². The summed E-state index contributed by atoms with van der Waals surface area (Å²) in [7, 11) is 0. The zero-order valence-electron chi connectivity index (χ0n) is 9.02. The van der Waals surface area contributed by atoms with E-state index in [0.29, 0.717) is 4.90 Å². The molecule has 0 unspecified atom stereocenters. The summed E-state index contributed by atoms with van der Waals surface area (Å²) in [5.74, 6) is -2.92. The lowest BCUT2D eigenvalue weighted by Crippen LogP contribution is -2.30. The molecule has 1 aliphatic heterocycles. The smallest absolute Gasteiger partial charge is 0.406 e. The number of carbonyl (C=O) groups excluding carboxylic acids is 3. The Balaban J connectivity index is 2.31. The molecule has 100 valence electrons. The summed E-state index contributed by atoms with van der Waals surface area (Å²) in [6, 6.07) is 3.14. The van der Waals surface area contributed by atoms with Crippen molar-refractivity contribution < 1.29 is 32.3 Å². The molecule has 0 saturated carbocycles. The molecule has 2 rings (SSSR count). The number of carbonyl (C=O) groups is 3. The molecule has 19 heavy (non-hydrogen) atoms. The molecule has 1 saturated heterocycles. The van der Waals surface area contributed by atoms with E-state index in [-0.39, 0.29) is 5.69 Å². The molecule has 9 heteroatoms. The second kappa shape index (κ2) is 4.26. The van der Waals surface area contributed by atoms with Gasteiger partial charge in [0.15, 0.2) is 0 Å². The average Bonchev–Trinajstić information content (AvgIpc) is 2.51. The highest BCUT2D eigenvalue weighted by molar-refractivity contribution is 6.53. The second-order valence-electron chi connectivity index (χ2n) is 3.44. The number of ether oxygens (including phenoxy) is 1. The SMILES string of the molecule is O=C1NC(=O)N(c2cccc(OC(F)(F)F)c2)C1=O. The van der Waals surface area contributed by atoms with E-state index < -0.39 is 30.0 Å². The lowest BCUT2D eigenvalue weighted by Gasteiger charge is -2.14. The molecule has 1 N–H and O–H groups in total. The summed E-state index contributed by atoms with van der Waals surface area (Å²) in [5.41, 5.74) is -0.199. The molecule has 1 heterocycles. The molecular weight excluding hydrogens is 269 g/mol. The molecule has 0 aliphatic carbocycles. The highest BCUT2D eigenvalue weighted by Gasteiger charge is 2.38. The van der Waals surface area contributed by atoms with Crippen LogP contribution in [0.2, 0.25) is 0 Å². The zero-order chi connectivity index (χ0) is 14.2. The fraction of sp³-hybridized carbons (Fsp3) is 0.100. The number of alkyl halides is 3. The largest absolute Gasteiger partial charge is 0.573 e. The van der Waals surface area contributed by atoms with Gasteiger partial charge in [0.1, 0.15) is 5.75 Å². The molecular formula is C10H5F3N2O4. The van der Waals surface area contributed by atoms with Crippen molar-refractivity contribution in [3.63, 3.8) is 0 Å². The van der Waals surface area contributed by atoms with Crippen molar-refractivity contribution in [1.82, 2.24) is 5.32 Å².